The van der Waals surface area contributed by atoms with Crippen LogP contribution in [0, 0.1) is 29.4 Å². The second kappa shape index (κ2) is 12.9. The summed E-state index contributed by atoms with van der Waals surface area (Å²) in [5, 5.41) is 0. The highest BCUT2D eigenvalue weighted by molar-refractivity contribution is 5.90. The minimum Gasteiger partial charge on any atom is -0.491 e. The number of carbonyl (C=O) groups excluding carboxylic acids is 1. The second-order valence-electron chi connectivity index (χ2n) is 9.06. The van der Waals surface area contributed by atoms with Crippen molar-refractivity contribution in [2.75, 3.05) is 13.3 Å². The quantitative estimate of drug-likeness (QED) is 0.156. The first kappa shape index (κ1) is 25.4. The van der Waals surface area contributed by atoms with Gasteiger partial charge in [-0.1, -0.05) is 18.2 Å². The van der Waals surface area contributed by atoms with E-state index in [0.717, 1.165) is 25.7 Å². The fraction of sp³-hybridized carbons (Fsp3) is 0.593. The summed E-state index contributed by atoms with van der Waals surface area (Å²) in [5.74, 6) is -1.75. The van der Waals surface area contributed by atoms with Gasteiger partial charge in [-0.15, -0.1) is 0 Å². The minimum atomic E-state index is -1.21. The van der Waals surface area contributed by atoms with Crippen molar-refractivity contribution in [3.8, 4) is 11.5 Å². The molecule has 3 rings (SSSR count). The Bertz CT molecular complexity index is 841. The number of halogens is 3. The molecule has 0 radical (unpaired) electrons. The Kier molecular flexibility index (Phi) is 9.89. The van der Waals surface area contributed by atoms with Crippen LogP contribution in [-0.4, -0.2) is 19.3 Å². The molecule has 1 fully saturated rings. The molecule has 2 aliphatic carbocycles. The fourth-order valence-corrected chi connectivity index (χ4v) is 4.95. The van der Waals surface area contributed by atoms with Crippen LogP contribution in [0.5, 0.6) is 11.5 Å². The summed E-state index contributed by atoms with van der Waals surface area (Å²) in [5.41, 5.74) is 0.532. The third kappa shape index (κ3) is 7.12. The lowest BCUT2D eigenvalue weighted by Gasteiger charge is -2.34. The van der Waals surface area contributed by atoms with Gasteiger partial charge in [-0.3, -0.25) is 4.39 Å². The minimum absolute atomic E-state index is 0.198. The molecule has 0 spiro atoms. The van der Waals surface area contributed by atoms with Gasteiger partial charge in [-0.2, -0.15) is 8.78 Å². The van der Waals surface area contributed by atoms with Crippen LogP contribution in [0.3, 0.4) is 0 Å². The highest BCUT2D eigenvalue weighted by atomic mass is 19.2. The van der Waals surface area contributed by atoms with E-state index in [4.69, 9.17) is 9.47 Å². The summed E-state index contributed by atoms with van der Waals surface area (Å²) in [6, 6.07) is 2.49. The van der Waals surface area contributed by atoms with Gasteiger partial charge in [0.2, 0.25) is 11.6 Å². The fourth-order valence-electron chi connectivity index (χ4n) is 4.95. The first-order chi connectivity index (χ1) is 16.0. The van der Waals surface area contributed by atoms with E-state index in [9.17, 15) is 18.0 Å². The van der Waals surface area contributed by atoms with Gasteiger partial charge >= 0.3 is 5.97 Å². The average Bonchev–Trinajstić information content (AvgIpc) is 2.84. The monoisotopic (exact) mass is 464 g/mol. The largest absolute Gasteiger partial charge is 0.491 e. The Morgan fingerprint density at radius 2 is 1.76 bits per heavy atom. The number of alkyl halides is 1. The molecule has 6 heteroatoms. The number of hydrogen-bond acceptors (Lipinski definition) is 3. The van der Waals surface area contributed by atoms with E-state index in [1.807, 2.05) is 6.08 Å². The predicted octanol–water partition coefficient (Wildman–Crippen LogP) is 7.50. The molecule has 0 saturated heterocycles. The van der Waals surface area contributed by atoms with E-state index in [0.29, 0.717) is 36.2 Å². The van der Waals surface area contributed by atoms with Crippen molar-refractivity contribution in [2.24, 2.45) is 17.8 Å². The van der Waals surface area contributed by atoms with Crippen LogP contribution >= 0.6 is 0 Å². The Balaban J connectivity index is 1.46. The lowest BCUT2D eigenvalue weighted by molar-refractivity contribution is -0.130. The van der Waals surface area contributed by atoms with Gasteiger partial charge < -0.3 is 9.47 Å². The molecular formula is C27H35F3O3. The molecule has 1 unspecified atom stereocenters. The summed E-state index contributed by atoms with van der Waals surface area (Å²) in [6.45, 7) is 1.66. The molecule has 33 heavy (non-hydrogen) atoms. The van der Waals surface area contributed by atoms with Gasteiger partial charge in [0.05, 0.1) is 13.3 Å². The number of rotatable bonds is 10. The molecule has 1 aromatic carbocycles. The molecule has 2 aliphatic rings. The van der Waals surface area contributed by atoms with Crippen molar-refractivity contribution in [1.82, 2.24) is 0 Å². The molecular weight excluding hydrogens is 429 g/mol. The van der Waals surface area contributed by atoms with Crippen molar-refractivity contribution in [1.29, 1.82) is 0 Å². The molecule has 1 atom stereocenters. The summed E-state index contributed by atoms with van der Waals surface area (Å²) >= 11 is 0. The molecule has 0 bridgehead atoms. The molecule has 1 saturated carbocycles. The zero-order chi connectivity index (χ0) is 23.6. The molecule has 3 nitrogen and oxygen atoms in total. The third-order valence-corrected chi connectivity index (χ3v) is 6.87. The van der Waals surface area contributed by atoms with E-state index in [2.05, 4.69) is 12.2 Å². The standard InChI is InChI=1S/C27H35F3O3/c1-2-32-23-16-17-24(26(30)25(23)29)33-27(31)22-14-12-21(13-15-22)20-10-8-19(9-11-20)7-5-3-4-6-18-28/h5,7,14,16-17,19-21H,2-4,6,8-13,15,18H2,1H3/b7-5+. The van der Waals surface area contributed by atoms with Crippen LogP contribution in [0.25, 0.3) is 0 Å². The number of hydrogen-bond donors (Lipinski definition) is 0. The third-order valence-electron chi connectivity index (χ3n) is 6.87. The van der Waals surface area contributed by atoms with Crippen molar-refractivity contribution < 1.29 is 27.4 Å². The Hall–Kier alpha value is -2.24. The Labute approximate surface area is 195 Å². The lowest BCUT2D eigenvalue weighted by atomic mass is 9.71. The van der Waals surface area contributed by atoms with Gasteiger partial charge in [-0.05, 0) is 101 Å². The van der Waals surface area contributed by atoms with Gasteiger partial charge in [0, 0.05) is 5.57 Å². The summed E-state index contributed by atoms with van der Waals surface area (Å²) < 4.78 is 50.5. The number of ether oxygens (including phenoxy) is 2. The first-order valence-electron chi connectivity index (χ1n) is 12.3. The maximum Gasteiger partial charge on any atom is 0.339 e. The summed E-state index contributed by atoms with van der Waals surface area (Å²) in [4.78, 5) is 12.5. The number of esters is 1. The molecule has 0 N–H and O–H groups in total. The van der Waals surface area contributed by atoms with E-state index >= 15 is 0 Å². The topological polar surface area (TPSA) is 35.5 Å². The van der Waals surface area contributed by atoms with Crippen molar-refractivity contribution >= 4 is 5.97 Å². The highest BCUT2D eigenvalue weighted by Crippen LogP contribution is 2.40. The number of benzene rings is 1. The molecule has 0 heterocycles. The van der Waals surface area contributed by atoms with E-state index < -0.39 is 23.4 Å². The number of carbonyl (C=O) groups is 1. The van der Waals surface area contributed by atoms with E-state index in [1.165, 1.54) is 37.8 Å². The van der Waals surface area contributed by atoms with Crippen molar-refractivity contribution in [3.05, 3.63) is 47.6 Å². The first-order valence-corrected chi connectivity index (χ1v) is 12.3. The molecule has 0 amide bonds. The SMILES string of the molecule is CCOc1ccc(OC(=O)C2=CCC(C3CCC(/C=C/CCCCF)CC3)CC2)c(F)c1F. The summed E-state index contributed by atoms with van der Waals surface area (Å²) in [6.07, 6.45) is 16.0. The highest BCUT2D eigenvalue weighted by Gasteiger charge is 2.30. The maximum atomic E-state index is 14.2. The molecule has 1 aromatic rings. The van der Waals surface area contributed by atoms with Crippen LogP contribution in [0.15, 0.2) is 35.9 Å². The normalized spacial score (nSPS) is 23.4. The molecule has 0 aliphatic heterocycles. The van der Waals surface area contributed by atoms with Crippen LogP contribution < -0.4 is 9.47 Å². The van der Waals surface area contributed by atoms with Gasteiger partial charge in [0.15, 0.2) is 11.5 Å². The zero-order valence-electron chi connectivity index (χ0n) is 19.5. The van der Waals surface area contributed by atoms with E-state index in [-0.39, 0.29) is 19.0 Å². The Morgan fingerprint density at radius 1 is 1.03 bits per heavy atom. The van der Waals surface area contributed by atoms with Crippen LogP contribution in [0.4, 0.5) is 13.2 Å². The summed E-state index contributed by atoms with van der Waals surface area (Å²) in [7, 11) is 0. The number of allylic oxidation sites excluding steroid dienone is 3. The lowest BCUT2D eigenvalue weighted by Crippen LogP contribution is -2.24. The molecule has 182 valence electrons. The predicted molar refractivity (Wildman–Crippen MR) is 123 cm³/mol. The van der Waals surface area contributed by atoms with Crippen LogP contribution in [0.1, 0.15) is 71.1 Å². The van der Waals surface area contributed by atoms with Gasteiger partial charge in [-0.25, -0.2) is 4.79 Å². The Morgan fingerprint density at radius 3 is 2.42 bits per heavy atom. The van der Waals surface area contributed by atoms with Crippen molar-refractivity contribution in [2.45, 2.75) is 71.1 Å². The second-order valence-corrected chi connectivity index (χ2v) is 9.06. The van der Waals surface area contributed by atoms with Gasteiger partial charge in [0.25, 0.3) is 0 Å². The molecule has 0 aromatic heterocycles. The van der Waals surface area contributed by atoms with Crippen LogP contribution in [-0.2, 0) is 4.79 Å². The van der Waals surface area contributed by atoms with Gasteiger partial charge in [0.1, 0.15) is 0 Å². The van der Waals surface area contributed by atoms with E-state index in [1.54, 1.807) is 6.92 Å². The maximum absolute atomic E-state index is 14.2. The van der Waals surface area contributed by atoms with Crippen LogP contribution in [0.2, 0.25) is 0 Å². The average molecular weight is 465 g/mol. The zero-order valence-corrected chi connectivity index (χ0v) is 19.5. The van der Waals surface area contributed by atoms with Crippen molar-refractivity contribution in [3.63, 3.8) is 0 Å². The number of unbranched alkanes of at least 4 members (excludes halogenated alkanes) is 2. The smallest absolute Gasteiger partial charge is 0.339 e.